The first-order chi connectivity index (χ1) is 12.9. The summed E-state index contributed by atoms with van der Waals surface area (Å²) in [4.78, 5) is 0. The van der Waals surface area contributed by atoms with E-state index in [1.165, 1.54) is 96.3 Å². The average Bonchev–Trinajstić information content (AvgIpc) is 2.56. The average molecular weight is 401 g/mol. The normalized spacial score (nSPS) is 12.4. The van der Waals surface area contributed by atoms with Crippen LogP contribution in [0, 0.1) is 0 Å². The van der Waals surface area contributed by atoms with Gasteiger partial charge in [0.15, 0.2) is 0 Å². The van der Waals surface area contributed by atoms with E-state index >= 15 is 0 Å². The van der Waals surface area contributed by atoms with Crippen LogP contribution in [-0.4, -0.2) is 20.8 Å². The van der Waals surface area contributed by atoms with Gasteiger partial charge in [0.25, 0.3) is 0 Å². The Morgan fingerprint density at radius 1 is 0.519 bits per heavy atom. The van der Waals surface area contributed by atoms with Gasteiger partial charge >= 0.3 is 8.56 Å². The standard InChI is InChI=1S/C24H52O2Si/c1-7-8-9-10-11-12-13-14-15-16-17-18-19-20-21-22-27(6,25-23(2)3)26-24(4)5/h23-24H,7-22H2,1-6H3. The zero-order chi connectivity index (χ0) is 20.4. The van der Waals surface area contributed by atoms with Crippen molar-refractivity contribution in [1.82, 2.24) is 0 Å². The van der Waals surface area contributed by atoms with Crippen molar-refractivity contribution in [1.29, 1.82) is 0 Å². The fourth-order valence-electron chi connectivity index (χ4n) is 3.96. The lowest BCUT2D eigenvalue weighted by Crippen LogP contribution is -2.42. The molecule has 0 N–H and O–H groups in total. The fraction of sp³-hybridized carbons (Fsp3) is 1.00. The molecule has 2 nitrogen and oxygen atoms in total. The maximum Gasteiger partial charge on any atom is 0.335 e. The smallest absolute Gasteiger partial charge is 0.335 e. The molecule has 0 aromatic heterocycles. The van der Waals surface area contributed by atoms with Gasteiger partial charge in [0, 0.05) is 12.2 Å². The van der Waals surface area contributed by atoms with Crippen LogP contribution in [0.5, 0.6) is 0 Å². The van der Waals surface area contributed by atoms with Crippen molar-refractivity contribution in [2.45, 2.75) is 156 Å². The minimum Gasteiger partial charge on any atom is -0.392 e. The second-order valence-corrected chi connectivity index (χ2v) is 12.4. The molecule has 164 valence electrons. The van der Waals surface area contributed by atoms with Crippen LogP contribution in [0.3, 0.4) is 0 Å². The van der Waals surface area contributed by atoms with E-state index in [2.05, 4.69) is 41.2 Å². The Morgan fingerprint density at radius 2 is 0.815 bits per heavy atom. The molecule has 0 amide bonds. The molecule has 0 aromatic carbocycles. The molecule has 3 heteroatoms. The third-order valence-corrected chi connectivity index (χ3v) is 8.41. The van der Waals surface area contributed by atoms with E-state index in [1.807, 2.05) is 0 Å². The van der Waals surface area contributed by atoms with Crippen molar-refractivity contribution >= 4 is 8.56 Å². The zero-order valence-electron chi connectivity index (χ0n) is 19.8. The summed E-state index contributed by atoms with van der Waals surface area (Å²) >= 11 is 0. The Bertz CT molecular complexity index is 295. The second-order valence-electron chi connectivity index (χ2n) is 9.17. The van der Waals surface area contributed by atoms with Gasteiger partial charge in [-0.05, 0) is 40.3 Å². The molecule has 0 atom stereocenters. The van der Waals surface area contributed by atoms with Crippen LogP contribution < -0.4 is 0 Å². The Hall–Kier alpha value is 0.137. The lowest BCUT2D eigenvalue weighted by molar-refractivity contribution is 0.109. The van der Waals surface area contributed by atoms with E-state index in [-0.39, 0.29) is 12.2 Å². The maximum atomic E-state index is 6.18. The molecular weight excluding hydrogens is 348 g/mol. The minimum absolute atomic E-state index is 0.275. The van der Waals surface area contributed by atoms with E-state index in [4.69, 9.17) is 8.85 Å². The first kappa shape index (κ1) is 27.1. The first-order valence-corrected chi connectivity index (χ1v) is 14.8. The predicted octanol–water partition coefficient (Wildman–Crippen LogP) is 8.78. The van der Waals surface area contributed by atoms with Crippen molar-refractivity contribution in [2.75, 3.05) is 0 Å². The molecule has 0 aliphatic rings. The lowest BCUT2D eigenvalue weighted by Gasteiger charge is -2.31. The van der Waals surface area contributed by atoms with Crippen molar-refractivity contribution in [2.24, 2.45) is 0 Å². The van der Waals surface area contributed by atoms with Crippen molar-refractivity contribution in [3.05, 3.63) is 0 Å². The summed E-state index contributed by atoms with van der Waals surface area (Å²) in [7, 11) is -1.98. The van der Waals surface area contributed by atoms with Gasteiger partial charge in [-0.15, -0.1) is 0 Å². The van der Waals surface area contributed by atoms with E-state index in [0.717, 1.165) is 6.04 Å². The molecule has 0 aliphatic carbocycles. The molecule has 0 radical (unpaired) electrons. The Labute approximate surface area is 173 Å². The van der Waals surface area contributed by atoms with Gasteiger partial charge in [-0.25, -0.2) is 0 Å². The monoisotopic (exact) mass is 400 g/mol. The highest BCUT2D eigenvalue weighted by molar-refractivity contribution is 6.66. The Kier molecular flexibility index (Phi) is 18.3. The number of hydrogen-bond acceptors (Lipinski definition) is 2. The number of rotatable bonds is 20. The Balaban J connectivity index is 3.47. The maximum absolute atomic E-state index is 6.18. The highest BCUT2D eigenvalue weighted by Crippen LogP contribution is 2.22. The third-order valence-electron chi connectivity index (χ3n) is 5.20. The first-order valence-electron chi connectivity index (χ1n) is 12.2. The summed E-state index contributed by atoms with van der Waals surface area (Å²) in [6.45, 7) is 13.0. The fourth-order valence-corrected chi connectivity index (χ4v) is 7.14. The minimum atomic E-state index is -1.98. The van der Waals surface area contributed by atoms with Gasteiger partial charge in [-0.1, -0.05) is 103 Å². The van der Waals surface area contributed by atoms with Gasteiger partial charge < -0.3 is 8.85 Å². The molecule has 0 heterocycles. The summed E-state index contributed by atoms with van der Waals surface area (Å²) in [6.07, 6.45) is 21.8. The summed E-state index contributed by atoms with van der Waals surface area (Å²) in [5.41, 5.74) is 0. The molecule has 0 fully saturated rings. The summed E-state index contributed by atoms with van der Waals surface area (Å²) in [5.74, 6) is 0. The molecule has 27 heavy (non-hydrogen) atoms. The van der Waals surface area contributed by atoms with E-state index < -0.39 is 8.56 Å². The second kappa shape index (κ2) is 18.2. The topological polar surface area (TPSA) is 18.5 Å². The molecule has 0 bridgehead atoms. The van der Waals surface area contributed by atoms with E-state index in [0.29, 0.717) is 0 Å². The molecule has 0 saturated heterocycles. The van der Waals surface area contributed by atoms with Crippen molar-refractivity contribution in [3.8, 4) is 0 Å². The molecule has 0 aliphatic heterocycles. The van der Waals surface area contributed by atoms with Gasteiger partial charge in [-0.3, -0.25) is 0 Å². The van der Waals surface area contributed by atoms with Crippen molar-refractivity contribution in [3.63, 3.8) is 0 Å². The van der Waals surface area contributed by atoms with Gasteiger partial charge in [0.1, 0.15) is 0 Å². The third kappa shape index (κ3) is 19.2. The largest absolute Gasteiger partial charge is 0.392 e. The number of unbranched alkanes of at least 4 members (excludes halogenated alkanes) is 14. The summed E-state index contributed by atoms with van der Waals surface area (Å²) in [6, 6.07) is 1.14. The predicted molar refractivity (Wildman–Crippen MR) is 124 cm³/mol. The molecule has 0 aromatic rings. The van der Waals surface area contributed by atoms with Crippen molar-refractivity contribution < 1.29 is 8.85 Å². The van der Waals surface area contributed by atoms with Gasteiger partial charge in [-0.2, -0.15) is 0 Å². The quantitative estimate of drug-likeness (QED) is 0.150. The van der Waals surface area contributed by atoms with Crippen LogP contribution in [0.1, 0.15) is 131 Å². The van der Waals surface area contributed by atoms with Gasteiger partial charge in [0.2, 0.25) is 0 Å². The summed E-state index contributed by atoms with van der Waals surface area (Å²) in [5, 5.41) is 0. The zero-order valence-corrected chi connectivity index (χ0v) is 20.8. The van der Waals surface area contributed by atoms with Crippen LogP contribution in [0.4, 0.5) is 0 Å². The Morgan fingerprint density at radius 3 is 1.11 bits per heavy atom. The SMILES string of the molecule is CCCCCCCCCCCCCCCCC[Si](C)(OC(C)C)OC(C)C. The lowest BCUT2D eigenvalue weighted by atomic mass is 10.0. The van der Waals surface area contributed by atoms with Crippen LogP contribution in [0.25, 0.3) is 0 Å². The van der Waals surface area contributed by atoms with Crippen LogP contribution in [0.2, 0.25) is 12.6 Å². The van der Waals surface area contributed by atoms with Gasteiger partial charge in [0.05, 0.1) is 0 Å². The molecule has 0 rings (SSSR count). The highest BCUT2D eigenvalue weighted by Gasteiger charge is 2.33. The van der Waals surface area contributed by atoms with E-state index in [9.17, 15) is 0 Å². The molecule has 0 unspecified atom stereocenters. The van der Waals surface area contributed by atoms with Crippen LogP contribution in [0.15, 0.2) is 0 Å². The van der Waals surface area contributed by atoms with Crippen LogP contribution >= 0.6 is 0 Å². The highest BCUT2D eigenvalue weighted by atomic mass is 28.4. The van der Waals surface area contributed by atoms with Crippen LogP contribution in [-0.2, 0) is 8.85 Å². The number of hydrogen-bond donors (Lipinski definition) is 0. The molecule has 0 saturated carbocycles. The van der Waals surface area contributed by atoms with E-state index in [1.54, 1.807) is 0 Å². The molecular formula is C24H52O2Si. The molecule has 0 spiro atoms. The summed E-state index contributed by atoms with van der Waals surface area (Å²) < 4.78 is 12.4.